The molecule has 3 aromatic rings. The van der Waals surface area contributed by atoms with Gasteiger partial charge in [-0.3, -0.25) is 10.1 Å². The highest BCUT2D eigenvalue weighted by Crippen LogP contribution is 2.32. The topological polar surface area (TPSA) is 105 Å². The molecule has 0 radical (unpaired) electrons. The first kappa shape index (κ1) is 19.1. The minimum Gasteiger partial charge on any atom is -0.490 e. The van der Waals surface area contributed by atoms with Crippen LogP contribution in [0.1, 0.15) is 12.0 Å². The Morgan fingerprint density at radius 2 is 1.97 bits per heavy atom. The lowest BCUT2D eigenvalue weighted by molar-refractivity contribution is -0.117. The van der Waals surface area contributed by atoms with E-state index in [0.717, 1.165) is 23.0 Å². The predicted molar refractivity (Wildman–Crippen MR) is 111 cm³/mol. The summed E-state index contributed by atoms with van der Waals surface area (Å²) in [5, 5.41) is 5.57. The zero-order valence-electron chi connectivity index (χ0n) is 15.8. The van der Waals surface area contributed by atoms with Crippen molar-refractivity contribution in [2.75, 3.05) is 24.3 Å². The number of hydrogen-bond acceptors (Lipinski definition) is 6. The molecule has 150 valence electrons. The standard InChI is InChI=1S/C20H20N4O4S/c1-12-3-5-14-15(9-12)23-20(22-14)29-11-18(25)24-19(26)21-13-4-6-16-17(10-13)28-8-2-7-27-16/h3-6,9-10H,2,7-8,11H2,1H3,(H,22,23)(H2,21,24,25,26). The summed E-state index contributed by atoms with van der Waals surface area (Å²) in [7, 11) is 0. The second-order valence-corrected chi connectivity index (χ2v) is 7.53. The quantitative estimate of drug-likeness (QED) is 0.567. The van der Waals surface area contributed by atoms with Crippen molar-refractivity contribution in [3.8, 4) is 11.5 Å². The van der Waals surface area contributed by atoms with Crippen LogP contribution in [-0.2, 0) is 4.79 Å². The molecule has 2 heterocycles. The van der Waals surface area contributed by atoms with Crippen molar-refractivity contribution in [3.05, 3.63) is 42.0 Å². The molecule has 0 spiro atoms. The van der Waals surface area contributed by atoms with E-state index in [1.54, 1.807) is 18.2 Å². The van der Waals surface area contributed by atoms with Crippen molar-refractivity contribution in [1.82, 2.24) is 15.3 Å². The molecular weight excluding hydrogens is 392 g/mol. The number of carbonyl (C=O) groups is 2. The second-order valence-electron chi connectivity index (χ2n) is 6.57. The summed E-state index contributed by atoms with van der Waals surface area (Å²) >= 11 is 1.23. The maximum atomic E-state index is 12.1. The number of rotatable bonds is 4. The van der Waals surface area contributed by atoms with E-state index in [0.29, 0.717) is 35.6 Å². The molecule has 29 heavy (non-hydrogen) atoms. The number of nitrogens with one attached hydrogen (secondary N) is 3. The molecule has 4 rings (SSSR count). The first-order chi connectivity index (χ1) is 14.1. The minimum absolute atomic E-state index is 0.0629. The number of ether oxygens (including phenoxy) is 2. The van der Waals surface area contributed by atoms with Gasteiger partial charge < -0.3 is 19.8 Å². The number of imidazole rings is 1. The van der Waals surface area contributed by atoms with E-state index in [1.807, 2.05) is 25.1 Å². The Morgan fingerprint density at radius 3 is 2.83 bits per heavy atom. The molecule has 3 amide bonds. The van der Waals surface area contributed by atoms with Crippen LogP contribution in [0.4, 0.5) is 10.5 Å². The zero-order valence-corrected chi connectivity index (χ0v) is 16.6. The third-order valence-electron chi connectivity index (χ3n) is 4.21. The minimum atomic E-state index is -0.606. The lowest BCUT2D eigenvalue weighted by Crippen LogP contribution is -2.35. The second kappa shape index (κ2) is 8.44. The van der Waals surface area contributed by atoms with Crippen LogP contribution in [-0.4, -0.2) is 40.9 Å². The summed E-state index contributed by atoms with van der Waals surface area (Å²) in [4.78, 5) is 31.8. The third kappa shape index (κ3) is 4.80. The van der Waals surface area contributed by atoms with Crippen LogP contribution in [0.5, 0.6) is 11.5 Å². The fourth-order valence-corrected chi connectivity index (χ4v) is 3.55. The van der Waals surface area contributed by atoms with Crippen LogP contribution >= 0.6 is 11.8 Å². The van der Waals surface area contributed by atoms with E-state index in [4.69, 9.17) is 9.47 Å². The van der Waals surface area contributed by atoms with E-state index >= 15 is 0 Å². The van der Waals surface area contributed by atoms with E-state index in [2.05, 4.69) is 20.6 Å². The average Bonchev–Trinajstić information content (AvgIpc) is 2.94. The number of urea groups is 1. The van der Waals surface area contributed by atoms with Crippen LogP contribution in [0.15, 0.2) is 41.6 Å². The number of nitrogens with zero attached hydrogens (tertiary/aromatic N) is 1. The molecule has 0 saturated heterocycles. The van der Waals surface area contributed by atoms with Crippen LogP contribution < -0.4 is 20.1 Å². The molecule has 0 aliphatic carbocycles. The SMILES string of the molecule is Cc1ccc2nc(SCC(=O)NC(=O)Nc3ccc4c(c3)OCCCO4)[nH]c2c1. The van der Waals surface area contributed by atoms with Crippen LogP contribution in [0.3, 0.4) is 0 Å². The zero-order chi connectivity index (χ0) is 20.2. The molecule has 0 fully saturated rings. The van der Waals surface area contributed by atoms with Crippen molar-refractivity contribution >= 4 is 40.4 Å². The average molecular weight is 412 g/mol. The number of hydrogen-bond donors (Lipinski definition) is 3. The molecule has 8 nitrogen and oxygen atoms in total. The predicted octanol–water partition coefficient (Wildman–Crippen LogP) is 3.47. The summed E-state index contributed by atoms with van der Waals surface area (Å²) < 4.78 is 11.2. The summed E-state index contributed by atoms with van der Waals surface area (Å²) in [6.07, 6.45) is 0.801. The summed E-state index contributed by atoms with van der Waals surface area (Å²) in [5.41, 5.74) is 3.40. The van der Waals surface area contributed by atoms with E-state index in [-0.39, 0.29) is 5.75 Å². The molecule has 0 atom stereocenters. The van der Waals surface area contributed by atoms with E-state index in [1.165, 1.54) is 11.8 Å². The van der Waals surface area contributed by atoms with Gasteiger partial charge in [-0.1, -0.05) is 17.8 Å². The molecule has 0 unspecified atom stereocenters. The fraction of sp³-hybridized carbons (Fsp3) is 0.250. The van der Waals surface area contributed by atoms with Gasteiger partial charge in [0.25, 0.3) is 0 Å². The normalized spacial score (nSPS) is 13.0. The van der Waals surface area contributed by atoms with Gasteiger partial charge in [0.15, 0.2) is 16.7 Å². The van der Waals surface area contributed by atoms with Crippen molar-refractivity contribution in [2.45, 2.75) is 18.5 Å². The fourth-order valence-electron chi connectivity index (χ4n) is 2.87. The number of H-pyrrole nitrogens is 1. The van der Waals surface area contributed by atoms with Crippen LogP contribution in [0, 0.1) is 6.92 Å². The number of carbonyl (C=O) groups excluding carboxylic acids is 2. The maximum absolute atomic E-state index is 12.1. The van der Waals surface area contributed by atoms with Crippen molar-refractivity contribution < 1.29 is 19.1 Å². The molecule has 3 N–H and O–H groups in total. The van der Waals surface area contributed by atoms with Gasteiger partial charge in [-0.15, -0.1) is 0 Å². The first-order valence-corrected chi connectivity index (χ1v) is 10.1. The molecule has 0 bridgehead atoms. The number of aryl methyl sites for hydroxylation is 1. The Morgan fingerprint density at radius 1 is 1.14 bits per heavy atom. The van der Waals surface area contributed by atoms with E-state index < -0.39 is 11.9 Å². The summed E-state index contributed by atoms with van der Waals surface area (Å²) in [6.45, 7) is 3.15. The number of thioether (sulfide) groups is 1. The van der Waals surface area contributed by atoms with Crippen LogP contribution in [0.25, 0.3) is 11.0 Å². The van der Waals surface area contributed by atoms with Gasteiger partial charge >= 0.3 is 6.03 Å². The van der Waals surface area contributed by atoms with Crippen LogP contribution in [0.2, 0.25) is 0 Å². The largest absolute Gasteiger partial charge is 0.490 e. The van der Waals surface area contributed by atoms with Gasteiger partial charge in [-0.2, -0.15) is 0 Å². The molecule has 2 aromatic carbocycles. The van der Waals surface area contributed by atoms with Gasteiger partial charge in [-0.05, 0) is 36.8 Å². The number of anilines is 1. The van der Waals surface area contributed by atoms with Crippen molar-refractivity contribution in [2.24, 2.45) is 0 Å². The Labute approximate surface area is 171 Å². The lowest BCUT2D eigenvalue weighted by atomic mass is 10.2. The molecule has 1 aliphatic rings. The number of aromatic amines is 1. The van der Waals surface area contributed by atoms with Crippen molar-refractivity contribution in [1.29, 1.82) is 0 Å². The van der Waals surface area contributed by atoms with Gasteiger partial charge in [0.05, 0.1) is 30.0 Å². The summed E-state index contributed by atoms with van der Waals surface area (Å²) in [6, 6.07) is 10.4. The van der Waals surface area contributed by atoms with Crippen molar-refractivity contribution in [3.63, 3.8) is 0 Å². The Hall–Kier alpha value is -3.20. The number of imide groups is 1. The third-order valence-corrected chi connectivity index (χ3v) is 5.09. The highest BCUT2D eigenvalue weighted by molar-refractivity contribution is 7.99. The van der Waals surface area contributed by atoms with Gasteiger partial charge in [0.2, 0.25) is 5.91 Å². The first-order valence-electron chi connectivity index (χ1n) is 9.16. The molecule has 9 heteroatoms. The Bertz CT molecular complexity index is 1070. The highest BCUT2D eigenvalue weighted by atomic mass is 32.2. The number of benzene rings is 2. The smallest absolute Gasteiger partial charge is 0.325 e. The highest BCUT2D eigenvalue weighted by Gasteiger charge is 2.14. The molecule has 1 aromatic heterocycles. The number of amides is 3. The Balaban J connectivity index is 1.30. The Kier molecular flexibility index (Phi) is 5.57. The maximum Gasteiger partial charge on any atom is 0.325 e. The molecule has 1 aliphatic heterocycles. The molecular formula is C20H20N4O4S. The number of aromatic nitrogens is 2. The van der Waals surface area contributed by atoms with E-state index in [9.17, 15) is 9.59 Å². The summed E-state index contributed by atoms with van der Waals surface area (Å²) in [5.74, 6) is 0.857. The number of fused-ring (bicyclic) bond motifs is 2. The lowest BCUT2D eigenvalue weighted by Gasteiger charge is -2.10. The van der Waals surface area contributed by atoms with Gasteiger partial charge in [0, 0.05) is 18.2 Å². The van der Waals surface area contributed by atoms with Gasteiger partial charge in [0.1, 0.15) is 0 Å². The monoisotopic (exact) mass is 412 g/mol. The van der Waals surface area contributed by atoms with Gasteiger partial charge in [-0.25, -0.2) is 9.78 Å². The molecule has 0 saturated carbocycles.